The number of rotatable bonds is 6. The number of carbonyl (C=O) groups is 1. The summed E-state index contributed by atoms with van der Waals surface area (Å²) in [5.41, 5.74) is 0.130. The second-order valence-electron chi connectivity index (χ2n) is 3.54. The summed E-state index contributed by atoms with van der Waals surface area (Å²) in [6, 6.07) is 4.33. The highest BCUT2D eigenvalue weighted by molar-refractivity contribution is 5.88. The molecule has 2 N–H and O–H groups in total. The quantitative estimate of drug-likeness (QED) is 0.788. The van der Waals surface area contributed by atoms with Crippen molar-refractivity contribution < 1.29 is 24.5 Å². The SMILES string of the molecule is CCC(O)COc1ccc(C(=O)O)cc1OC. The first kappa shape index (κ1) is 13.3. The van der Waals surface area contributed by atoms with Gasteiger partial charge in [-0.2, -0.15) is 0 Å². The summed E-state index contributed by atoms with van der Waals surface area (Å²) in [6.45, 7) is 2.00. The normalized spacial score (nSPS) is 11.9. The number of hydrogen-bond acceptors (Lipinski definition) is 4. The fourth-order valence-electron chi connectivity index (χ4n) is 1.22. The number of aliphatic hydroxyl groups is 1. The van der Waals surface area contributed by atoms with E-state index in [2.05, 4.69) is 0 Å². The molecule has 1 rings (SSSR count). The lowest BCUT2D eigenvalue weighted by molar-refractivity contribution is 0.0696. The molecule has 0 fully saturated rings. The smallest absolute Gasteiger partial charge is 0.335 e. The van der Waals surface area contributed by atoms with Crippen molar-refractivity contribution in [2.24, 2.45) is 0 Å². The Kier molecular flexibility index (Phi) is 4.78. The average Bonchev–Trinajstić information content (AvgIpc) is 2.35. The molecule has 0 aliphatic carbocycles. The van der Waals surface area contributed by atoms with Crippen LogP contribution >= 0.6 is 0 Å². The Morgan fingerprint density at radius 1 is 1.41 bits per heavy atom. The molecule has 0 saturated heterocycles. The first-order chi connectivity index (χ1) is 8.08. The average molecular weight is 240 g/mol. The van der Waals surface area contributed by atoms with Crippen molar-refractivity contribution in [3.8, 4) is 11.5 Å². The van der Waals surface area contributed by atoms with Gasteiger partial charge in [-0.05, 0) is 24.6 Å². The second-order valence-corrected chi connectivity index (χ2v) is 3.54. The van der Waals surface area contributed by atoms with Gasteiger partial charge in [0.05, 0.1) is 18.8 Å². The first-order valence-electron chi connectivity index (χ1n) is 5.30. The summed E-state index contributed by atoms with van der Waals surface area (Å²) in [6.07, 6.45) is 0.0501. The van der Waals surface area contributed by atoms with Crippen molar-refractivity contribution in [3.63, 3.8) is 0 Å². The van der Waals surface area contributed by atoms with Gasteiger partial charge in [-0.15, -0.1) is 0 Å². The number of carboxylic acids is 1. The predicted octanol–water partition coefficient (Wildman–Crippen LogP) is 1.54. The third-order valence-corrected chi connectivity index (χ3v) is 2.31. The molecule has 5 nitrogen and oxygen atoms in total. The molecule has 0 saturated carbocycles. The molecule has 0 radical (unpaired) electrons. The maximum atomic E-state index is 10.8. The molecule has 94 valence electrons. The number of benzene rings is 1. The van der Waals surface area contributed by atoms with Crippen molar-refractivity contribution >= 4 is 5.97 Å². The fraction of sp³-hybridized carbons (Fsp3) is 0.417. The zero-order valence-corrected chi connectivity index (χ0v) is 9.84. The number of aromatic carboxylic acids is 1. The standard InChI is InChI=1S/C12H16O5/c1-3-9(13)7-17-10-5-4-8(12(14)15)6-11(10)16-2/h4-6,9,13H,3,7H2,1-2H3,(H,14,15). The molecule has 0 aliphatic rings. The van der Waals surface area contributed by atoms with E-state index in [1.54, 1.807) is 0 Å². The Morgan fingerprint density at radius 2 is 2.12 bits per heavy atom. The van der Waals surface area contributed by atoms with E-state index in [4.69, 9.17) is 14.6 Å². The third-order valence-electron chi connectivity index (χ3n) is 2.31. The minimum atomic E-state index is -1.02. The maximum absolute atomic E-state index is 10.8. The number of carboxylic acid groups (broad SMARTS) is 1. The molecule has 0 aromatic heterocycles. The molecule has 0 aliphatic heterocycles. The minimum Gasteiger partial charge on any atom is -0.493 e. The lowest BCUT2D eigenvalue weighted by atomic mass is 10.2. The van der Waals surface area contributed by atoms with Gasteiger partial charge in [0, 0.05) is 0 Å². The Bertz CT molecular complexity index is 388. The van der Waals surface area contributed by atoms with E-state index in [0.29, 0.717) is 17.9 Å². The molecule has 17 heavy (non-hydrogen) atoms. The summed E-state index contributed by atoms with van der Waals surface area (Å²) in [5, 5.41) is 18.2. The molecule has 1 aromatic rings. The van der Waals surface area contributed by atoms with Crippen molar-refractivity contribution in [1.29, 1.82) is 0 Å². The van der Waals surface area contributed by atoms with Crippen LogP contribution in [0.15, 0.2) is 18.2 Å². The molecule has 0 spiro atoms. The second kappa shape index (κ2) is 6.10. The van der Waals surface area contributed by atoms with E-state index in [1.165, 1.54) is 25.3 Å². The summed E-state index contributed by atoms with van der Waals surface area (Å²) < 4.78 is 10.4. The van der Waals surface area contributed by atoms with Gasteiger partial charge in [0.25, 0.3) is 0 Å². The number of methoxy groups -OCH3 is 1. The van der Waals surface area contributed by atoms with Gasteiger partial charge in [-0.25, -0.2) is 4.79 Å². The predicted molar refractivity (Wildman–Crippen MR) is 61.7 cm³/mol. The highest BCUT2D eigenvalue weighted by Crippen LogP contribution is 2.28. The highest BCUT2D eigenvalue weighted by Gasteiger charge is 2.11. The Labute approximate surface area is 99.6 Å². The molecule has 1 unspecified atom stereocenters. The maximum Gasteiger partial charge on any atom is 0.335 e. The summed E-state index contributed by atoms with van der Waals surface area (Å²) in [4.78, 5) is 10.8. The van der Waals surface area contributed by atoms with Crippen molar-refractivity contribution in [2.75, 3.05) is 13.7 Å². The Hall–Kier alpha value is -1.75. The van der Waals surface area contributed by atoms with E-state index in [1.807, 2.05) is 6.92 Å². The van der Waals surface area contributed by atoms with Crippen LogP contribution in [0.2, 0.25) is 0 Å². The zero-order chi connectivity index (χ0) is 12.8. The van der Waals surface area contributed by atoms with Gasteiger partial charge in [0.15, 0.2) is 11.5 Å². The van der Waals surface area contributed by atoms with Gasteiger partial charge in [0.2, 0.25) is 0 Å². The van der Waals surface area contributed by atoms with Crippen LogP contribution in [0, 0.1) is 0 Å². The fourth-order valence-corrected chi connectivity index (χ4v) is 1.22. The van der Waals surface area contributed by atoms with E-state index < -0.39 is 12.1 Å². The van der Waals surface area contributed by atoms with Crippen LogP contribution in [0.5, 0.6) is 11.5 Å². The number of ether oxygens (including phenoxy) is 2. The largest absolute Gasteiger partial charge is 0.493 e. The van der Waals surface area contributed by atoms with E-state index in [0.717, 1.165) is 0 Å². The molecule has 0 bridgehead atoms. The molecule has 1 atom stereocenters. The number of aliphatic hydroxyl groups excluding tert-OH is 1. The minimum absolute atomic E-state index is 0.130. The van der Waals surface area contributed by atoms with Crippen molar-refractivity contribution in [3.05, 3.63) is 23.8 Å². The Morgan fingerprint density at radius 3 is 2.65 bits per heavy atom. The first-order valence-corrected chi connectivity index (χ1v) is 5.30. The lowest BCUT2D eigenvalue weighted by Gasteiger charge is -2.13. The third kappa shape index (κ3) is 3.64. The van der Waals surface area contributed by atoms with Gasteiger partial charge < -0.3 is 19.7 Å². The molecule has 1 aromatic carbocycles. The van der Waals surface area contributed by atoms with Crippen LogP contribution in [0.1, 0.15) is 23.7 Å². The van der Waals surface area contributed by atoms with Crippen molar-refractivity contribution in [1.82, 2.24) is 0 Å². The van der Waals surface area contributed by atoms with Gasteiger partial charge in [-0.1, -0.05) is 6.92 Å². The van der Waals surface area contributed by atoms with Crippen LogP contribution in [-0.4, -0.2) is 36.0 Å². The summed E-state index contributed by atoms with van der Waals surface area (Å²) in [7, 11) is 1.43. The van der Waals surface area contributed by atoms with Crippen LogP contribution in [0.4, 0.5) is 0 Å². The van der Waals surface area contributed by atoms with Crippen LogP contribution in [0.25, 0.3) is 0 Å². The molecular weight excluding hydrogens is 224 g/mol. The zero-order valence-electron chi connectivity index (χ0n) is 9.84. The topological polar surface area (TPSA) is 76.0 Å². The summed E-state index contributed by atoms with van der Waals surface area (Å²) >= 11 is 0. The van der Waals surface area contributed by atoms with Gasteiger partial charge >= 0.3 is 5.97 Å². The van der Waals surface area contributed by atoms with Crippen LogP contribution < -0.4 is 9.47 Å². The van der Waals surface area contributed by atoms with E-state index in [9.17, 15) is 9.90 Å². The summed E-state index contributed by atoms with van der Waals surface area (Å²) in [5.74, 6) is -0.262. The van der Waals surface area contributed by atoms with E-state index >= 15 is 0 Å². The van der Waals surface area contributed by atoms with Gasteiger partial charge in [0.1, 0.15) is 6.61 Å². The Balaban J connectivity index is 2.82. The molecule has 5 heteroatoms. The lowest BCUT2D eigenvalue weighted by Crippen LogP contribution is -2.16. The number of hydrogen-bond donors (Lipinski definition) is 2. The van der Waals surface area contributed by atoms with E-state index in [-0.39, 0.29) is 12.2 Å². The molecule has 0 amide bonds. The van der Waals surface area contributed by atoms with Crippen LogP contribution in [-0.2, 0) is 0 Å². The molecule has 0 heterocycles. The molecular formula is C12H16O5. The van der Waals surface area contributed by atoms with Crippen LogP contribution in [0.3, 0.4) is 0 Å². The monoisotopic (exact) mass is 240 g/mol. The van der Waals surface area contributed by atoms with Gasteiger partial charge in [-0.3, -0.25) is 0 Å². The van der Waals surface area contributed by atoms with Crippen molar-refractivity contribution in [2.45, 2.75) is 19.4 Å². The highest BCUT2D eigenvalue weighted by atomic mass is 16.5.